The van der Waals surface area contributed by atoms with Crippen molar-refractivity contribution >= 4 is 11.9 Å². The van der Waals surface area contributed by atoms with E-state index in [2.05, 4.69) is 20.8 Å². The number of hydrogen-bond donors (Lipinski definition) is 1. The largest absolute Gasteiger partial charge is 0.479 e. The molecule has 1 amide bonds. The molecule has 0 aromatic rings. The number of ether oxygens (including phenoxy) is 1. The summed E-state index contributed by atoms with van der Waals surface area (Å²) >= 11 is 0. The fourth-order valence-electron chi connectivity index (χ4n) is 2.00. The molecule has 0 spiro atoms. The first-order chi connectivity index (χ1) is 8.14. The fourth-order valence-corrected chi connectivity index (χ4v) is 2.00. The molecule has 3 unspecified atom stereocenters. The lowest BCUT2D eigenvalue weighted by Gasteiger charge is -2.36. The maximum atomic E-state index is 12.2. The Morgan fingerprint density at radius 3 is 2.17 bits per heavy atom. The van der Waals surface area contributed by atoms with Crippen molar-refractivity contribution < 1.29 is 19.4 Å². The first-order valence-corrected chi connectivity index (χ1v) is 6.29. The van der Waals surface area contributed by atoms with E-state index in [4.69, 9.17) is 9.84 Å². The number of carbonyl (C=O) groups excluding carboxylic acids is 1. The smallest absolute Gasteiger partial charge is 0.332 e. The number of carboxylic acid groups (broad SMARTS) is 1. The average Bonchev–Trinajstić information content (AvgIpc) is 2.74. The van der Waals surface area contributed by atoms with Crippen molar-refractivity contribution in [2.75, 3.05) is 7.05 Å². The molecule has 1 saturated heterocycles. The van der Waals surface area contributed by atoms with Gasteiger partial charge in [-0.3, -0.25) is 4.79 Å². The summed E-state index contributed by atoms with van der Waals surface area (Å²) in [5, 5.41) is 8.84. The Morgan fingerprint density at radius 1 is 1.28 bits per heavy atom. The normalized spacial score (nSPS) is 25.8. The zero-order valence-corrected chi connectivity index (χ0v) is 11.8. The molecular weight excluding hydrogens is 234 g/mol. The van der Waals surface area contributed by atoms with Gasteiger partial charge in [0.2, 0.25) is 0 Å². The summed E-state index contributed by atoms with van der Waals surface area (Å²) in [6.07, 6.45) is -0.557. The number of carboxylic acids is 1. The van der Waals surface area contributed by atoms with Crippen LogP contribution in [-0.4, -0.2) is 47.2 Å². The monoisotopic (exact) mass is 257 g/mol. The molecule has 0 aromatic carbocycles. The molecular formula is C13H23NO4. The van der Waals surface area contributed by atoms with Gasteiger partial charge in [-0.25, -0.2) is 4.79 Å². The lowest BCUT2D eigenvalue weighted by atomic mass is 9.87. The highest BCUT2D eigenvalue weighted by Crippen LogP contribution is 2.26. The Kier molecular flexibility index (Phi) is 4.37. The van der Waals surface area contributed by atoms with E-state index in [1.165, 1.54) is 0 Å². The summed E-state index contributed by atoms with van der Waals surface area (Å²) in [4.78, 5) is 24.7. The van der Waals surface area contributed by atoms with Gasteiger partial charge in [0, 0.05) is 13.1 Å². The molecule has 5 nitrogen and oxygen atoms in total. The van der Waals surface area contributed by atoms with Crippen molar-refractivity contribution in [1.82, 2.24) is 4.90 Å². The van der Waals surface area contributed by atoms with E-state index < -0.39 is 18.2 Å². The predicted octanol–water partition coefficient (Wildman–Crippen LogP) is 1.51. The second-order valence-corrected chi connectivity index (χ2v) is 6.02. The number of nitrogens with zero attached hydrogens (tertiary/aromatic N) is 1. The van der Waals surface area contributed by atoms with Gasteiger partial charge in [-0.15, -0.1) is 0 Å². The third kappa shape index (κ3) is 3.22. The molecule has 1 N–H and O–H groups in total. The van der Waals surface area contributed by atoms with E-state index in [-0.39, 0.29) is 17.4 Å². The summed E-state index contributed by atoms with van der Waals surface area (Å²) < 4.78 is 5.28. The van der Waals surface area contributed by atoms with Gasteiger partial charge in [-0.2, -0.15) is 0 Å². The maximum absolute atomic E-state index is 12.2. The molecule has 1 heterocycles. The molecule has 1 aliphatic heterocycles. The van der Waals surface area contributed by atoms with Gasteiger partial charge in [-0.1, -0.05) is 20.8 Å². The van der Waals surface area contributed by atoms with Crippen LogP contribution in [0.5, 0.6) is 0 Å². The summed E-state index contributed by atoms with van der Waals surface area (Å²) in [6.45, 7) is 8.19. The van der Waals surface area contributed by atoms with Crippen LogP contribution in [0, 0.1) is 5.41 Å². The number of carbonyl (C=O) groups is 2. The van der Waals surface area contributed by atoms with E-state index in [0.717, 1.165) is 0 Å². The lowest BCUT2D eigenvalue weighted by molar-refractivity contribution is -0.155. The minimum Gasteiger partial charge on any atom is -0.479 e. The molecule has 0 radical (unpaired) electrons. The quantitative estimate of drug-likeness (QED) is 0.832. The van der Waals surface area contributed by atoms with Crippen LogP contribution in [0.3, 0.4) is 0 Å². The molecule has 0 aromatic heterocycles. The Bertz CT molecular complexity index is 334. The summed E-state index contributed by atoms with van der Waals surface area (Å²) in [7, 11) is 1.75. The van der Waals surface area contributed by atoms with Gasteiger partial charge < -0.3 is 14.7 Å². The minimum atomic E-state index is -0.989. The predicted molar refractivity (Wildman–Crippen MR) is 67.2 cm³/mol. The van der Waals surface area contributed by atoms with E-state index in [1.807, 2.05) is 6.92 Å². The van der Waals surface area contributed by atoms with Gasteiger partial charge in [0.15, 0.2) is 6.10 Å². The highest BCUT2D eigenvalue weighted by atomic mass is 16.5. The Balaban J connectivity index is 2.64. The zero-order chi connectivity index (χ0) is 14.1. The van der Waals surface area contributed by atoms with Gasteiger partial charge in [0.25, 0.3) is 5.91 Å². The molecule has 1 fully saturated rings. The molecule has 1 rings (SSSR count). The molecule has 104 valence electrons. The van der Waals surface area contributed by atoms with Crippen LogP contribution >= 0.6 is 0 Å². The van der Waals surface area contributed by atoms with Crippen molar-refractivity contribution in [2.45, 2.75) is 58.8 Å². The lowest BCUT2D eigenvalue weighted by Crippen LogP contribution is -2.47. The van der Waals surface area contributed by atoms with Gasteiger partial charge in [0.1, 0.15) is 6.10 Å². The van der Waals surface area contributed by atoms with Crippen molar-refractivity contribution in [3.05, 3.63) is 0 Å². The van der Waals surface area contributed by atoms with E-state index in [0.29, 0.717) is 12.8 Å². The van der Waals surface area contributed by atoms with Crippen LogP contribution in [0.4, 0.5) is 0 Å². The topological polar surface area (TPSA) is 66.8 Å². The first-order valence-electron chi connectivity index (χ1n) is 6.29. The van der Waals surface area contributed by atoms with E-state index in [9.17, 15) is 9.59 Å². The second kappa shape index (κ2) is 5.26. The summed E-state index contributed by atoms with van der Waals surface area (Å²) in [5.41, 5.74) is -0.0186. The fraction of sp³-hybridized carbons (Fsp3) is 0.846. The summed E-state index contributed by atoms with van der Waals surface area (Å²) in [5.74, 6) is -1.11. The van der Waals surface area contributed by atoms with Crippen LogP contribution in [-0.2, 0) is 14.3 Å². The minimum absolute atomic E-state index is 0.0186. The SMILES string of the molecule is CC(N(C)C(=O)C1CCC(C(=O)O)O1)C(C)(C)C. The number of hydrogen-bond acceptors (Lipinski definition) is 3. The van der Waals surface area contributed by atoms with Crippen LogP contribution in [0.25, 0.3) is 0 Å². The highest BCUT2D eigenvalue weighted by Gasteiger charge is 2.38. The summed E-state index contributed by atoms with van der Waals surface area (Å²) in [6, 6.07) is 0.0671. The Labute approximate surface area is 108 Å². The van der Waals surface area contributed by atoms with Crippen molar-refractivity contribution in [3.8, 4) is 0 Å². The van der Waals surface area contributed by atoms with E-state index >= 15 is 0 Å². The molecule has 3 atom stereocenters. The first kappa shape index (κ1) is 15.0. The van der Waals surface area contributed by atoms with Crippen molar-refractivity contribution in [3.63, 3.8) is 0 Å². The third-order valence-electron chi connectivity index (χ3n) is 3.75. The Morgan fingerprint density at radius 2 is 1.78 bits per heavy atom. The highest BCUT2D eigenvalue weighted by molar-refractivity contribution is 5.82. The van der Waals surface area contributed by atoms with E-state index in [1.54, 1.807) is 11.9 Å². The molecule has 18 heavy (non-hydrogen) atoms. The number of amides is 1. The van der Waals surface area contributed by atoms with Gasteiger partial charge >= 0.3 is 5.97 Å². The van der Waals surface area contributed by atoms with Crippen LogP contribution in [0.15, 0.2) is 0 Å². The number of likely N-dealkylation sites (N-methyl/N-ethyl adjacent to an activating group) is 1. The van der Waals surface area contributed by atoms with Gasteiger partial charge in [0.05, 0.1) is 0 Å². The maximum Gasteiger partial charge on any atom is 0.332 e. The van der Waals surface area contributed by atoms with Crippen molar-refractivity contribution in [2.24, 2.45) is 5.41 Å². The Hall–Kier alpha value is -1.10. The molecule has 0 aliphatic carbocycles. The van der Waals surface area contributed by atoms with Gasteiger partial charge in [-0.05, 0) is 25.2 Å². The van der Waals surface area contributed by atoms with Crippen LogP contribution in [0.1, 0.15) is 40.5 Å². The standard InChI is InChI=1S/C13H23NO4/c1-8(13(2,3)4)14(5)11(15)9-6-7-10(18-9)12(16)17/h8-10H,6-7H2,1-5H3,(H,16,17). The van der Waals surface area contributed by atoms with Crippen LogP contribution in [0.2, 0.25) is 0 Å². The third-order valence-corrected chi connectivity index (χ3v) is 3.75. The number of aliphatic carboxylic acids is 1. The van der Waals surface area contributed by atoms with Crippen molar-refractivity contribution in [1.29, 1.82) is 0 Å². The molecule has 5 heteroatoms. The molecule has 0 bridgehead atoms. The average molecular weight is 257 g/mol. The number of rotatable bonds is 3. The molecule has 0 saturated carbocycles. The zero-order valence-electron chi connectivity index (χ0n) is 11.8. The molecule has 1 aliphatic rings. The van der Waals surface area contributed by atoms with Crippen LogP contribution < -0.4 is 0 Å². The second-order valence-electron chi connectivity index (χ2n) is 6.02.